The van der Waals surface area contributed by atoms with Crippen molar-refractivity contribution in [2.75, 3.05) is 27.9 Å². The van der Waals surface area contributed by atoms with Crippen LogP contribution in [0.2, 0.25) is 0 Å². The topological polar surface area (TPSA) is 85.9 Å². The molecule has 0 aromatic heterocycles. The van der Waals surface area contributed by atoms with Crippen molar-refractivity contribution in [3.05, 3.63) is 59.3 Å². The lowest BCUT2D eigenvalue weighted by molar-refractivity contribution is -0.123. The number of unbranched alkanes of at least 4 members (excludes halogenated alkanes) is 1. The molecule has 0 spiro atoms. The number of rotatable bonds is 11. The Morgan fingerprint density at radius 2 is 1.65 bits per heavy atom. The second-order valence-electron chi connectivity index (χ2n) is 6.85. The summed E-state index contributed by atoms with van der Waals surface area (Å²) in [5, 5.41) is 5.59. The fraction of sp³-hybridized carbons (Fsp3) is 0.333. The third kappa shape index (κ3) is 7.37. The van der Waals surface area contributed by atoms with Gasteiger partial charge in [0.1, 0.15) is 11.4 Å². The molecular weight excluding hydrogens is 396 g/mol. The average molecular weight is 427 g/mol. The predicted octanol–water partition coefficient (Wildman–Crippen LogP) is 3.33. The Labute approximate surface area is 183 Å². The SMILES string of the molecule is CCCCNC(=O)/C(=C/c1ccc(OC)c(OC)c1)NC(=O)Cc1ccc(OC)cc1. The van der Waals surface area contributed by atoms with Crippen molar-refractivity contribution in [1.29, 1.82) is 0 Å². The van der Waals surface area contributed by atoms with Gasteiger partial charge in [0.25, 0.3) is 5.91 Å². The molecule has 31 heavy (non-hydrogen) atoms. The van der Waals surface area contributed by atoms with Crippen LogP contribution in [0, 0.1) is 0 Å². The highest BCUT2D eigenvalue weighted by molar-refractivity contribution is 6.01. The molecule has 2 aromatic rings. The number of carbonyl (C=O) groups excluding carboxylic acids is 2. The minimum absolute atomic E-state index is 0.134. The molecule has 0 aliphatic carbocycles. The number of carbonyl (C=O) groups is 2. The molecule has 0 heterocycles. The molecule has 2 N–H and O–H groups in total. The largest absolute Gasteiger partial charge is 0.497 e. The maximum atomic E-state index is 12.7. The first-order chi connectivity index (χ1) is 15.0. The van der Waals surface area contributed by atoms with Gasteiger partial charge < -0.3 is 24.8 Å². The molecule has 0 bridgehead atoms. The number of amides is 2. The van der Waals surface area contributed by atoms with E-state index in [1.165, 1.54) is 0 Å². The lowest BCUT2D eigenvalue weighted by Crippen LogP contribution is -2.35. The molecule has 2 aromatic carbocycles. The molecule has 0 atom stereocenters. The Morgan fingerprint density at radius 1 is 0.935 bits per heavy atom. The van der Waals surface area contributed by atoms with Crippen LogP contribution in [0.5, 0.6) is 17.2 Å². The third-order valence-electron chi connectivity index (χ3n) is 4.58. The Bertz CT molecular complexity index is 907. The number of methoxy groups -OCH3 is 3. The van der Waals surface area contributed by atoms with Gasteiger partial charge >= 0.3 is 0 Å². The lowest BCUT2D eigenvalue weighted by Gasteiger charge is -2.12. The van der Waals surface area contributed by atoms with Gasteiger partial charge in [-0.25, -0.2) is 0 Å². The van der Waals surface area contributed by atoms with E-state index < -0.39 is 0 Å². The molecule has 166 valence electrons. The van der Waals surface area contributed by atoms with Crippen LogP contribution in [0.15, 0.2) is 48.2 Å². The summed E-state index contributed by atoms with van der Waals surface area (Å²) in [4.78, 5) is 25.3. The van der Waals surface area contributed by atoms with Gasteiger partial charge in [0.2, 0.25) is 5.91 Å². The summed E-state index contributed by atoms with van der Waals surface area (Å²) in [6, 6.07) is 12.5. The zero-order chi connectivity index (χ0) is 22.6. The number of hydrogen-bond donors (Lipinski definition) is 2. The van der Waals surface area contributed by atoms with Gasteiger partial charge in [0.05, 0.1) is 27.8 Å². The van der Waals surface area contributed by atoms with E-state index >= 15 is 0 Å². The maximum absolute atomic E-state index is 12.7. The normalized spacial score (nSPS) is 10.9. The summed E-state index contributed by atoms with van der Waals surface area (Å²) in [6.45, 7) is 2.58. The molecule has 0 aliphatic heterocycles. The van der Waals surface area contributed by atoms with Crippen molar-refractivity contribution in [2.24, 2.45) is 0 Å². The van der Waals surface area contributed by atoms with E-state index in [0.29, 0.717) is 29.4 Å². The number of hydrogen-bond acceptors (Lipinski definition) is 5. The van der Waals surface area contributed by atoms with Crippen molar-refractivity contribution in [3.8, 4) is 17.2 Å². The van der Waals surface area contributed by atoms with Crippen LogP contribution in [-0.4, -0.2) is 39.7 Å². The lowest BCUT2D eigenvalue weighted by atomic mass is 10.1. The minimum atomic E-state index is -0.341. The van der Waals surface area contributed by atoms with Crippen molar-refractivity contribution < 1.29 is 23.8 Å². The van der Waals surface area contributed by atoms with Crippen LogP contribution in [0.1, 0.15) is 30.9 Å². The van der Waals surface area contributed by atoms with Gasteiger partial charge in [-0.05, 0) is 47.9 Å². The Hall–Kier alpha value is -3.48. The van der Waals surface area contributed by atoms with Crippen molar-refractivity contribution in [1.82, 2.24) is 10.6 Å². The molecule has 0 fully saturated rings. The summed E-state index contributed by atoms with van der Waals surface area (Å²) in [5.41, 5.74) is 1.68. The van der Waals surface area contributed by atoms with E-state index in [2.05, 4.69) is 10.6 Å². The predicted molar refractivity (Wildman–Crippen MR) is 120 cm³/mol. The highest BCUT2D eigenvalue weighted by atomic mass is 16.5. The number of benzene rings is 2. The fourth-order valence-electron chi connectivity index (χ4n) is 2.86. The maximum Gasteiger partial charge on any atom is 0.267 e. The van der Waals surface area contributed by atoms with E-state index in [9.17, 15) is 9.59 Å². The highest BCUT2D eigenvalue weighted by Gasteiger charge is 2.14. The van der Waals surface area contributed by atoms with Crippen LogP contribution < -0.4 is 24.8 Å². The second-order valence-corrected chi connectivity index (χ2v) is 6.85. The molecule has 0 saturated heterocycles. The number of nitrogens with one attached hydrogen (secondary N) is 2. The molecule has 2 rings (SSSR count). The Balaban J connectivity index is 2.21. The molecule has 7 nitrogen and oxygen atoms in total. The Morgan fingerprint density at radius 3 is 2.26 bits per heavy atom. The van der Waals surface area contributed by atoms with Crippen molar-refractivity contribution in [3.63, 3.8) is 0 Å². The zero-order valence-electron chi connectivity index (χ0n) is 18.5. The van der Waals surface area contributed by atoms with Crippen LogP contribution >= 0.6 is 0 Å². The standard InChI is InChI=1S/C24H30N2O5/c1-5-6-13-25-24(28)20(14-18-9-12-21(30-3)22(15-18)31-4)26-23(27)16-17-7-10-19(29-2)11-8-17/h7-12,14-15H,5-6,13,16H2,1-4H3,(H,25,28)(H,26,27)/b20-14-. The summed E-state index contributed by atoms with van der Waals surface area (Å²) >= 11 is 0. The third-order valence-corrected chi connectivity index (χ3v) is 4.58. The van der Waals surface area contributed by atoms with E-state index in [0.717, 1.165) is 18.4 Å². The van der Waals surface area contributed by atoms with Gasteiger partial charge in [-0.15, -0.1) is 0 Å². The van der Waals surface area contributed by atoms with E-state index in [4.69, 9.17) is 14.2 Å². The first kappa shape index (κ1) is 23.8. The van der Waals surface area contributed by atoms with Crippen molar-refractivity contribution in [2.45, 2.75) is 26.2 Å². The first-order valence-corrected chi connectivity index (χ1v) is 10.1. The van der Waals surface area contributed by atoms with E-state index in [1.54, 1.807) is 57.7 Å². The quantitative estimate of drug-likeness (QED) is 0.425. The average Bonchev–Trinajstić information content (AvgIpc) is 2.79. The van der Waals surface area contributed by atoms with Crippen molar-refractivity contribution >= 4 is 17.9 Å². The summed E-state index contributed by atoms with van der Waals surface area (Å²) < 4.78 is 15.7. The molecule has 7 heteroatoms. The van der Waals surface area contributed by atoms with Crippen LogP contribution in [0.3, 0.4) is 0 Å². The zero-order valence-corrected chi connectivity index (χ0v) is 18.5. The Kier molecular flexibility index (Phi) is 9.42. The van der Waals surface area contributed by atoms with Crippen LogP contribution in [-0.2, 0) is 16.0 Å². The first-order valence-electron chi connectivity index (χ1n) is 10.1. The van der Waals surface area contributed by atoms with Crippen LogP contribution in [0.4, 0.5) is 0 Å². The van der Waals surface area contributed by atoms with E-state index in [1.807, 2.05) is 19.1 Å². The highest BCUT2D eigenvalue weighted by Crippen LogP contribution is 2.28. The number of ether oxygens (including phenoxy) is 3. The molecule has 0 saturated carbocycles. The second kappa shape index (κ2) is 12.3. The fourth-order valence-corrected chi connectivity index (χ4v) is 2.86. The molecular formula is C24H30N2O5. The minimum Gasteiger partial charge on any atom is -0.497 e. The van der Waals surface area contributed by atoms with Gasteiger partial charge in [0.15, 0.2) is 11.5 Å². The van der Waals surface area contributed by atoms with Gasteiger partial charge in [-0.1, -0.05) is 31.5 Å². The smallest absolute Gasteiger partial charge is 0.267 e. The van der Waals surface area contributed by atoms with Gasteiger partial charge in [-0.2, -0.15) is 0 Å². The molecule has 2 amide bonds. The van der Waals surface area contributed by atoms with Gasteiger partial charge in [-0.3, -0.25) is 9.59 Å². The van der Waals surface area contributed by atoms with E-state index in [-0.39, 0.29) is 23.9 Å². The summed E-state index contributed by atoms with van der Waals surface area (Å²) in [6.07, 6.45) is 3.57. The monoisotopic (exact) mass is 426 g/mol. The van der Waals surface area contributed by atoms with Gasteiger partial charge in [0, 0.05) is 6.54 Å². The molecule has 0 unspecified atom stereocenters. The van der Waals surface area contributed by atoms with Crippen LogP contribution in [0.25, 0.3) is 6.08 Å². The molecule has 0 radical (unpaired) electrons. The summed E-state index contributed by atoms with van der Waals surface area (Å²) in [5.74, 6) is 1.20. The summed E-state index contributed by atoms with van der Waals surface area (Å²) in [7, 11) is 4.68. The molecule has 0 aliphatic rings.